The van der Waals surface area contributed by atoms with Crippen LogP contribution in [0.3, 0.4) is 0 Å². The summed E-state index contributed by atoms with van der Waals surface area (Å²) in [4.78, 5) is 10.1. The zero-order chi connectivity index (χ0) is 10.9. The average Bonchev–Trinajstić information content (AvgIpc) is 2.18. The molecule has 80 valence electrons. The van der Waals surface area contributed by atoms with E-state index in [1.165, 1.54) is 5.56 Å². The predicted molar refractivity (Wildman–Crippen MR) is 57.9 cm³/mol. The van der Waals surface area contributed by atoms with E-state index in [0.717, 1.165) is 19.5 Å². The molecule has 1 saturated heterocycles. The van der Waals surface area contributed by atoms with Crippen LogP contribution >= 0.6 is 0 Å². The molecular formula is C11H14N2O2. The molecule has 15 heavy (non-hydrogen) atoms. The maximum Gasteiger partial charge on any atom is 0.269 e. The number of benzene rings is 1. The van der Waals surface area contributed by atoms with Crippen molar-refractivity contribution in [2.45, 2.75) is 18.8 Å². The molecule has 1 aromatic carbocycles. The van der Waals surface area contributed by atoms with Crippen LogP contribution in [0.4, 0.5) is 5.69 Å². The van der Waals surface area contributed by atoms with Crippen LogP contribution in [0.5, 0.6) is 0 Å². The molecule has 1 aliphatic rings. The van der Waals surface area contributed by atoms with Crippen LogP contribution in [0.15, 0.2) is 24.3 Å². The molecule has 4 heteroatoms. The van der Waals surface area contributed by atoms with Gasteiger partial charge in [-0.3, -0.25) is 10.1 Å². The fourth-order valence-electron chi connectivity index (χ4n) is 2.02. The number of hydrogen-bond donors (Lipinski definition) is 1. The lowest BCUT2D eigenvalue weighted by Gasteiger charge is -2.42. The second-order valence-corrected chi connectivity index (χ2v) is 4.04. The van der Waals surface area contributed by atoms with Crippen LogP contribution in [0.25, 0.3) is 0 Å². The van der Waals surface area contributed by atoms with Crippen LogP contribution in [0.2, 0.25) is 0 Å². The molecule has 2 rings (SSSR count). The van der Waals surface area contributed by atoms with Crippen molar-refractivity contribution in [1.82, 2.24) is 5.32 Å². The highest BCUT2D eigenvalue weighted by molar-refractivity contribution is 5.38. The Balaban J connectivity index is 2.26. The summed E-state index contributed by atoms with van der Waals surface area (Å²) in [6.07, 6.45) is 1.07. The van der Waals surface area contributed by atoms with Crippen molar-refractivity contribution in [1.29, 1.82) is 0 Å². The van der Waals surface area contributed by atoms with Gasteiger partial charge in [-0.25, -0.2) is 0 Å². The molecule has 0 amide bonds. The van der Waals surface area contributed by atoms with Crippen LogP contribution in [-0.4, -0.2) is 18.0 Å². The monoisotopic (exact) mass is 206 g/mol. The van der Waals surface area contributed by atoms with E-state index in [1.54, 1.807) is 12.1 Å². The standard InChI is InChI=1S/C11H14N2O2/c1-2-11(7-12-8-11)9-3-5-10(6-4-9)13(14)15/h3-6,12H,2,7-8H2,1H3. The molecule has 0 aliphatic carbocycles. The van der Waals surface area contributed by atoms with Gasteiger partial charge < -0.3 is 5.32 Å². The molecule has 1 fully saturated rings. The zero-order valence-corrected chi connectivity index (χ0v) is 8.69. The van der Waals surface area contributed by atoms with Crippen molar-refractivity contribution < 1.29 is 4.92 Å². The third-order valence-corrected chi connectivity index (χ3v) is 3.29. The third-order valence-electron chi connectivity index (χ3n) is 3.29. The van der Waals surface area contributed by atoms with E-state index in [1.807, 2.05) is 12.1 Å². The number of nitro benzene ring substituents is 1. The maximum atomic E-state index is 10.5. The molecule has 1 N–H and O–H groups in total. The van der Waals surface area contributed by atoms with Crippen LogP contribution in [0, 0.1) is 10.1 Å². The minimum Gasteiger partial charge on any atom is -0.315 e. The molecule has 1 aliphatic heterocycles. The summed E-state index contributed by atoms with van der Waals surface area (Å²) in [5.74, 6) is 0. The number of rotatable bonds is 3. The number of non-ortho nitro benzene ring substituents is 1. The number of hydrogen-bond acceptors (Lipinski definition) is 3. The summed E-state index contributed by atoms with van der Waals surface area (Å²) in [6, 6.07) is 6.93. The lowest BCUT2D eigenvalue weighted by Crippen LogP contribution is -2.56. The molecule has 0 atom stereocenters. The number of nitrogens with one attached hydrogen (secondary N) is 1. The highest BCUT2D eigenvalue weighted by Crippen LogP contribution is 2.32. The van der Waals surface area contributed by atoms with Gasteiger partial charge in [0.2, 0.25) is 0 Å². The maximum absolute atomic E-state index is 10.5. The molecule has 1 aromatic rings. The van der Waals surface area contributed by atoms with Gasteiger partial charge in [0.25, 0.3) is 5.69 Å². The summed E-state index contributed by atoms with van der Waals surface area (Å²) in [7, 11) is 0. The van der Waals surface area contributed by atoms with Gasteiger partial charge in [-0.05, 0) is 12.0 Å². The van der Waals surface area contributed by atoms with Gasteiger partial charge in [0.15, 0.2) is 0 Å². The van der Waals surface area contributed by atoms with Crippen molar-refractivity contribution >= 4 is 5.69 Å². The summed E-state index contributed by atoms with van der Waals surface area (Å²) in [5, 5.41) is 13.8. The Morgan fingerprint density at radius 3 is 2.33 bits per heavy atom. The third kappa shape index (κ3) is 1.61. The van der Waals surface area contributed by atoms with Crippen molar-refractivity contribution in [2.75, 3.05) is 13.1 Å². The Bertz CT molecular complexity index is 363. The van der Waals surface area contributed by atoms with E-state index >= 15 is 0 Å². The SMILES string of the molecule is CCC1(c2ccc([N+](=O)[O-])cc2)CNC1. The molecule has 0 aromatic heterocycles. The normalized spacial score (nSPS) is 18.2. The van der Waals surface area contributed by atoms with Gasteiger partial charge in [0, 0.05) is 30.6 Å². The lowest BCUT2D eigenvalue weighted by molar-refractivity contribution is -0.384. The van der Waals surface area contributed by atoms with Crippen molar-refractivity contribution in [3.05, 3.63) is 39.9 Å². The van der Waals surface area contributed by atoms with E-state index < -0.39 is 0 Å². The topological polar surface area (TPSA) is 55.2 Å². The summed E-state index contributed by atoms with van der Waals surface area (Å²) in [5.41, 5.74) is 1.57. The second-order valence-electron chi connectivity index (χ2n) is 4.04. The summed E-state index contributed by atoms with van der Waals surface area (Å²) in [6.45, 7) is 4.10. The Morgan fingerprint density at radius 1 is 1.40 bits per heavy atom. The largest absolute Gasteiger partial charge is 0.315 e. The van der Waals surface area contributed by atoms with Crippen molar-refractivity contribution in [2.24, 2.45) is 0 Å². The van der Waals surface area contributed by atoms with Crippen LogP contribution in [-0.2, 0) is 5.41 Å². The molecular weight excluding hydrogens is 192 g/mol. The molecule has 0 bridgehead atoms. The zero-order valence-electron chi connectivity index (χ0n) is 8.69. The van der Waals surface area contributed by atoms with Gasteiger partial charge in [-0.1, -0.05) is 19.1 Å². The number of nitro groups is 1. The first-order valence-corrected chi connectivity index (χ1v) is 5.13. The van der Waals surface area contributed by atoms with Crippen molar-refractivity contribution in [3.8, 4) is 0 Å². The smallest absolute Gasteiger partial charge is 0.269 e. The molecule has 0 saturated carbocycles. The number of nitrogens with zero attached hydrogens (tertiary/aromatic N) is 1. The molecule has 0 spiro atoms. The highest BCUT2D eigenvalue weighted by Gasteiger charge is 2.36. The Labute approximate surface area is 88.5 Å². The second kappa shape index (κ2) is 3.62. The van der Waals surface area contributed by atoms with Gasteiger partial charge in [0.05, 0.1) is 4.92 Å². The van der Waals surface area contributed by atoms with Gasteiger partial charge >= 0.3 is 0 Å². The minimum atomic E-state index is -0.360. The fraction of sp³-hybridized carbons (Fsp3) is 0.455. The minimum absolute atomic E-state index is 0.164. The molecule has 0 radical (unpaired) electrons. The van der Waals surface area contributed by atoms with E-state index in [9.17, 15) is 10.1 Å². The first-order valence-electron chi connectivity index (χ1n) is 5.13. The molecule has 0 unspecified atom stereocenters. The Hall–Kier alpha value is -1.42. The van der Waals surface area contributed by atoms with E-state index in [2.05, 4.69) is 12.2 Å². The first-order chi connectivity index (χ1) is 7.18. The van der Waals surface area contributed by atoms with E-state index in [4.69, 9.17) is 0 Å². The van der Waals surface area contributed by atoms with Gasteiger partial charge in [-0.15, -0.1) is 0 Å². The van der Waals surface area contributed by atoms with Gasteiger partial charge in [-0.2, -0.15) is 0 Å². The molecule has 4 nitrogen and oxygen atoms in total. The van der Waals surface area contributed by atoms with Crippen molar-refractivity contribution in [3.63, 3.8) is 0 Å². The van der Waals surface area contributed by atoms with E-state index in [0.29, 0.717) is 0 Å². The molecule has 1 heterocycles. The van der Waals surface area contributed by atoms with Crippen LogP contribution in [0.1, 0.15) is 18.9 Å². The van der Waals surface area contributed by atoms with E-state index in [-0.39, 0.29) is 16.0 Å². The summed E-state index contributed by atoms with van der Waals surface area (Å²) >= 11 is 0. The first kappa shape index (κ1) is 10.1. The van der Waals surface area contributed by atoms with Gasteiger partial charge in [0.1, 0.15) is 0 Å². The quantitative estimate of drug-likeness (QED) is 0.606. The lowest BCUT2D eigenvalue weighted by atomic mass is 9.73. The fourth-order valence-corrected chi connectivity index (χ4v) is 2.02. The Kier molecular flexibility index (Phi) is 2.44. The average molecular weight is 206 g/mol. The highest BCUT2D eigenvalue weighted by atomic mass is 16.6. The Morgan fingerprint density at radius 2 is 2.00 bits per heavy atom. The predicted octanol–water partition coefficient (Wildman–Crippen LogP) is 1.85. The summed E-state index contributed by atoms with van der Waals surface area (Å²) < 4.78 is 0. The van der Waals surface area contributed by atoms with Crippen LogP contribution < -0.4 is 5.32 Å².